The Balaban J connectivity index is 2.36. The van der Waals surface area contributed by atoms with Crippen LogP contribution in [-0.2, 0) is 4.79 Å². The normalized spacial score (nSPS) is 12.4. The van der Waals surface area contributed by atoms with E-state index in [9.17, 15) is 23.1 Å². The standard InChI is InChI=1S/C24H28F3NO2/c25-16-13-24(14-17-26,15-18-27)12-11-21(23(29)30)28-22(19-7-3-1-4-8-19)20-9-5-2-6-10-20/h1-10,21H,11-18H2,(H,29,30). The molecule has 0 bridgehead atoms. The van der Waals surface area contributed by atoms with E-state index in [2.05, 4.69) is 4.99 Å². The lowest BCUT2D eigenvalue weighted by atomic mass is 9.74. The van der Waals surface area contributed by atoms with Gasteiger partial charge in [0, 0.05) is 11.1 Å². The highest BCUT2D eigenvalue weighted by Crippen LogP contribution is 2.37. The van der Waals surface area contributed by atoms with Crippen molar-refractivity contribution in [3.63, 3.8) is 0 Å². The second-order valence-electron chi connectivity index (χ2n) is 7.42. The van der Waals surface area contributed by atoms with Crippen molar-refractivity contribution < 1.29 is 23.1 Å². The van der Waals surface area contributed by atoms with Crippen molar-refractivity contribution in [3.8, 4) is 0 Å². The van der Waals surface area contributed by atoms with Gasteiger partial charge in [0.1, 0.15) is 6.04 Å². The molecule has 0 aliphatic carbocycles. The van der Waals surface area contributed by atoms with Gasteiger partial charge >= 0.3 is 5.97 Å². The molecule has 2 aromatic carbocycles. The molecule has 3 nitrogen and oxygen atoms in total. The highest BCUT2D eigenvalue weighted by molar-refractivity contribution is 6.13. The number of rotatable bonds is 13. The lowest BCUT2D eigenvalue weighted by Crippen LogP contribution is -2.28. The number of carboxylic acids is 1. The minimum Gasteiger partial charge on any atom is -0.480 e. The monoisotopic (exact) mass is 419 g/mol. The van der Waals surface area contributed by atoms with Gasteiger partial charge < -0.3 is 5.11 Å². The molecule has 0 heterocycles. The van der Waals surface area contributed by atoms with E-state index < -0.39 is 37.4 Å². The van der Waals surface area contributed by atoms with E-state index in [1.807, 2.05) is 60.7 Å². The molecule has 0 amide bonds. The maximum atomic E-state index is 13.1. The smallest absolute Gasteiger partial charge is 0.328 e. The summed E-state index contributed by atoms with van der Waals surface area (Å²) in [6.07, 6.45) is 0.323. The molecular weight excluding hydrogens is 391 g/mol. The predicted octanol–water partition coefficient (Wildman–Crippen LogP) is 5.82. The minimum absolute atomic E-state index is 0.0150. The fourth-order valence-electron chi connectivity index (χ4n) is 3.70. The van der Waals surface area contributed by atoms with Crippen molar-refractivity contribution in [1.29, 1.82) is 0 Å². The van der Waals surface area contributed by atoms with Crippen LogP contribution in [0.2, 0.25) is 0 Å². The van der Waals surface area contributed by atoms with E-state index in [-0.39, 0.29) is 32.1 Å². The molecule has 1 N–H and O–H groups in total. The fraction of sp³-hybridized carbons (Fsp3) is 0.417. The van der Waals surface area contributed by atoms with Crippen LogP contribution in [0.5, 0.6) is 0 Å². The van der Waals surface area contributed by atoms with Gasteiger partial charge in [0.2, 0.25) is 0 Å². The highest BCUT2D eigenvalue weighted by atomic mass is 19.1. The Morgan fingerprint density at radius 3 is 1.60 bits per heavy atom. The Morgan fingerprint density at radius 2 is 1.23 bits per heavy atom. The summed E-state index contributed by atoms with van der Waals surface area (Å²) in [5.41, 5.74) is 1.20. The molecule has 0 aliphatic rings. The second kappa shape index (κ2) is 12.2. The van der Waals surface area contributed by atoms with Crippen LogP contribution in [0.1, 0.15) is 43.2 Å². The van der Waals surface area contributed by atoms with Crippen LogP contribution in [0.25, 0.3) is 0 Å². The third kappa shape index (κ3) is 6.71. The SMILES string of the molecule is O=C(O)C(CCC(CCF)(CCF)CCF)N=C(c1ccccc1)c1ccccc1. The molecule has 0 saturated carbocycles. The van der Waals surface area contributed by atoms with Gasteiger partial charge in [-0.15, -0.1) is 0 Å². The third-order valence-electron chi connectivity index (χ3n) is 5.49. The van der Waals surface area contributed by atoms with Crippen molar-refractivity contribution in [3.05, 3.63) is 71.8 Å². The first-order chi connectivity index (χ1) is 14.5. The Bertz CT molecular complexity index is 738. The number of carboxylic acid groups (broad SMARTS) is 1. The molecule has 2 aromatic rings. The van der Waals surface area contributed by atoms with Gasteiger partial charge in [-0.3, -0.25) is 18.2 Å². The van der Waals surface area contributed by atoms with E-state index in [0.717, 1.165) is 11.1 Å². The molecule has 0 saturated heterocycles. The van der Waals surface area contributed by atoms with Crippen molar-refractivity contribution in [2.24, 2.45) is 10.4 Å². The van der Waals surface area contributed by atoms with Crippen molar-refractivity contribution in [2.75, 3.05) is 20.0 Å². The molecule has 0 fully saturated rings. The summed E-state index contributed by atoms with van der Waals surface area (Å²) in [4.78, 5) is 16.5. The van der Waals surface area contributed by atoms with Crippen LogP contribution in [0.3, 0.4) is 0 Å². The fourth-order valence-corrected chi connectivity index (χ4v) is 3.70. The van der Waals surface area contributed by atoms with Gasteiger partial charge in [0.25, 0.3) is 0 Å². The summed E-state index contributed by atoms with van der Waals surface area (Å²) >= 11 is 0. The van der Waals surface area contributed by atoms with E-state index in [0.29, 0.717) is 5.71 Å². The summed E-state index contributed by atoms with van der Waals surface area (Å²) in [5, 5.41) is 9.77. The first-order valence-electron chi connectivity index (χ1n) is 10.1. The van der Waals surface area contributed by atoms with Crippen molar-refractivity contribution in [2.45, 2.75) is 38.1 Å². The molecule has 0 radical (unpaired) electrons. The van der Waals surface area contributed by atoms with E-state index in [1.165, 1.54) is 0 Å². The summed E-state index contributed by atoms with van der Waals surface area (Å²) in [6, 6.07) is 17.4. The van der Waals surface area contributed by atoms with Crippen molar-refractivity contribution in [1.82, 2.24) is 0 Å². The lowest BCUT2D eigenvalue weighted by molar-refractivity contribution is -0.138. The third-order valence-corrected chi connectivity index (χ3v) is 5.49. The van der Waals surface area contributed by atoms with Crippen LogP contribution in [0.15, 0.2) is 65.7 Å². The number of aliphatic imine (C=N–C) groups is 1. The van der Waals surface area contributed by atoms with Gasteiger partial charge in [-0.2, -0.15) is 0 Å². The molecule has 1 atom stereocenters. The average Bonchev–Trinajstić information content (AvgIpc) is 2.75. The quantitative estimate of drug-likeness (QED) is 0.416. The second-order valence-corrected chi connectivity index (χ2v) is 7.42. The van der Waals surface area contributed by atoms with Crippen LogP contribution >= 0.6 is 0 Å². The van der Waals surface area contributed by atoms with Crippen molar-refractivity contribution >= 4 is 11.7 Å². The van der Waals surface area contributed by atoms with E-state index in [1.54, 1.807) is 0 Å². The molecule has 0 aromatic heterocycles. The van der Waals surface area contributed by atoms with Gasteiger partial charge in [-0.1, -0.05) is 60.7 Å². The summed E-state index contributed by atoms with van der Waals surface area (Å²) in [5.74, 6) is -1.12. The predicted molar refractivity (Wildman–Crippen MR) is 113 cm³/mol. The largest absolute Gasteiger partial charge is 0.480 e. The average molecular weight is 419 g/mol. The maximum Gasteiger partial charge on any atom is 0.328 e. The number of hydrogen-bond donors (Lipinski definition) is 1. The molecule has 0 aliphatic heterocycles. The molecule has 1 unspecified atom stereocenters. The molecule has 2 rings (SSSR count). The Kier molecular flexibility index (Phi) is 9.58. The van der Waals surface area contributed by atoms with E-state index >= 15 is 0 Å². The van der Waals surface area contributed by atoms with Crippen LogP contribution < -0.4 is 0 Å². The summed E-state index contributed by atoms with van der Waals surface area (Å²) < 4.78 is 39.2. The van der Waals surface area contributed by atoms with Crippen LogP contribution in [0, 0.1) is 5.41 Å². The molecule has 0 spiro atoms. The maximum absolute atomic E-state index is 13.1. The van der Waals surface area contributed by atoms with E-state index in [4.69, 9.17) is 0 Å². The molecular formula is C24H28F3NO2. The van der Waals surface area contributed by atoms with Crippen LogP contribution in [-0.4, -0.2) is 42.9 Å². The molecule has 162 valence electrons. The Labute approximate surface area is 175 Å². The van der Waals surface area contributed by atoms with Gasteiger partial charge in [0.05, 0.1) is 25.7 Å². The molecule has 6 heteroatoms. The zero-order chi connectivity index (χ0) is 21.8. The van der Waals surface area contributed by atoms with Crippen LogP contribution in [0.4, 0.5) is 13.2 Å². The summed E-state index contributed by atoms with van der Waals surface area (Å²) in [7, 11) is 0. The Morgan fingerprint density at radius 1 is 0.800 bits per heavy atom. The topological polar surface area (TPSA) is 49.7 Å². The van der Waals surface area contributed by atoms with Gasteiger partial charge in [-0.05, 0) is 37.5 Å². The zero-order valence-corrected chi connectivity index (χ0v) is 16.9. The number of carbonyl (C=O) groups is 1. The first-order valence-corrected chi connectivity index (χ1v) is 10.1. The number of halogens is 3. The van der Waals surface area contributed by atoms with Gasteiger partial charge in [0.15, 0.2) is 0 Å². The highest BCUT2D eigenvalue weighted by Gasteiger charge is 2.32. The lowest BCUT2D eigenvalue weighted by Gasteiger charge is -2.32. The number of aliphatic carboxylic acids is 1. The molecule has 30 heavy (non-hydrogen) atoms. The first kappa shape index (κ1) is 23.6. The zero-order valence-electron chi connectivity index (χ0n) is 16.9. The number of nitrogens with zero attached hydrogens (tertiary/aromatic N) is 1. The number of benzene rings is 2. The number of alkyl halides is 3. The minimum atomic E-state index is -1.12. The summed E-state index contributed by atoms with van der Waals surface area (Å²) in [6.45, 7) is -2.08. The Hall–Kier alpha value is -2.63. The number of hydrogen-bond acceptors (Lipinski definition) is 2. The van der Waals surface area contributed by atoms with Gasteiger partial charge in [-0.25, -0.2) is 4.79 Å².